The quantitative estimate of drug-likeness (QED) is 0.559. The van der Waals surface area contributed by atoms with Crippen LogP contribution in [0.4, 0.5) is 15.9 Å². The topological polar surface area (TPSA) is 105 Å². The van der Waals surface area contributed by atoms with E-state index in [-0.39, 0.29) is 33.9 Å². The zero-order chi connectivity index (χ0) is 24.7. The summed E-state index contributed by atoms with van der Waals surface area (Å²) in [4.78, 5) is 21.3. The summed E-state index contributed by atoms with van der Waals surface area (Å²) in [7, 11) is -3.50. The van der Waals surface area contributed by atoms with Crippen LogP contribution in [0.3, 0.4) is 0 Å². The van der Waals surface area contributed by atoms with Gasteiger partial charge >= 0.3 is 0 Å². The normalized spacial score (nSPS) is 19.2. The van der Waals surface area contributed by atoms with Crippen LogP contribution in [0, 0.1) is 11.7 Å². The Bertz CT molecular complexity index is 1320. The molecule has 0 bridgehead atoms. The van der Waals surface area contributed by atoms with Crippen molar-refractivity contribution in [1.82, 2.24) is 19.7 Å². The number of sulfone groups is 1. The van der Waals surface area contributed by atoms with Gasteiger partial charge in [-0.25, -0.2) is 22.8 Å². The van der Waals surface area contributed by atoms with Crippen LogP contribution in [0.25, 0.3) is 5.65 Å². The lowest BCUT2D eigenvalue weighted by Gasteiger charge is -2.30. The van der Waals surface area contributed by atoms with Gasteiger partial charge in [0.25, 0.3) is 0 Å². The predicted octanol–water partition coefficient (Wildman–Crippen LogP) is 4.20. The summed E-state index contributed by atoms with van der Waals surface area (Å²) in [5.74, 6) is 0.0770. The van der Waals surface area contributed by atoms with E-state index in [1.807, 2.05) is 37.6 Å². The number of hydrogen-bond acceptors (Lipinski definition) is 6. The zero-order valence-electron chi connectivity index (χ0n) is 19.8. The molecule has 4 rings (SSSR count). The standard InChI is InChI=1S/C24H30FN5O3S/c1-24(2,3)29-23(31)16-7-5-15(6-8-16)20-14-27-22-21(26-11-12-30(20)22)28-19-10-9-17(13-18(19)25)34(4,32)33/h9-16H,5-8H2,1-4H3,(H,26,28)(H,29,31). The summed E-state index contributed by atoms with van der Waals surface area (Å²) in [6, 6.07) is 3.72. The van der Waals surface area contributed by atoms with Gasteiger partial charge < -0.3 is 10.6 Å². The van der Waals surface area contributed by atoms with E-state index in [0.29, 0.717) is 11.5 Å². The average Bonchev–Trinajstić information content (AvgIpc) is 3.18. The van der Waals surface area contributed by atoms with Gasteiger partial charge in [-0.05, 0) is 64.7 Å². The van der Waals surface area contributed by atoms with Crippen molar-refractivity contribution in [1.29, 1.82) is 0 Å². The van der Waals surface area contributed by atoms with E-state index in [1.54, 1.807) is 6.20 Å². The van der Waals surface area contributed by atoms with Gasteiger partial charge in [0, 0.05) is 47.9 Å². The molecule has 1 aliphatic rings. The van der Waals surface area contributed by atoms with Crippen molar-refractivity contribution in [2.45, 2.75) is 62.8 Å². The number of aromatic nitrogens is 3. The fraction of sp³-hybridized carbons (Fsp3) is 0.458. The van der Waals surface area contributed by atoms with Crippen LogP contribution < -0.4 is 10.6 Å². The molecule has 0 spiro atoms. The Labute approximate surface area is 198 Å². The van der Waals surface area contributed by atoms with E-state index >= 15 is 0 Å². The van der Waals surface area contributed by atoms with Crippen LogP contribution >= 0.6 is 0 Å². The highest BCUT2D eigenvalue weighted by molar-refractivity contribution is 7.90. The fourth-order valence-electron chi connectivity index (χ4n) is 4.41. The van der Waals surface area contributed by atoms with Crippen LogP contribution in [0.15, 0.2) is 41.7 Å². The molecule has 1 fully saturated rings. The summed E-state index contributed by atoms with van der Waals surface area (Å²) in [5.41, 5.74) is 1.46. The third-order valence-corrected chi connectivity index (χ3v) is 7.20. The molecule has 182 valence electrons. The molecule has 3 aromatic rings. The summed E-state index contributed by atoms with van der Waals surface area (Å²) >= 11 is 0. The van der Waals surface area contributed by atoms with Crippen LogP contribution in [0.5, 0.6) is 0 Å². The molecule has 2 N–H and O–H groups in total. The van der Waals surface area contributed by atoms with Crippen molar-refractivity contribution in [2.24, 2.45) is 5.92 Å². The molecule has 1 amide bonds. The van der Waals surface area contributed by atoms with Crippen molar-refractivity contribution in [2.75, 3.05) is 11.6 Å². The van der Waals surface area contributed by atoms with Crippen LogP contribution in [-0.4, -0.2) is 40.5 Å². The minimum absolute atomic E-state index is 0.0198. The van der Waals surface area contributed by atoms with E-state index < -0.39 is 15.7 Å². The minimum atomic E-state index is -3.50. The van der Waals surface area contributed by atoms with Gasteiger partial charge in [-0.1, -0.05) is 0 Å². The lowest BCUT2D eigenvalue weighted by Crippen LogP contribution is -2.44. The molecular weight excluding hydrogens is 457 g/mol. The number of imidazole rings is 1. The van der Waals surface area contributed by atoms with Gasteiger partial charge in [-0.15, -0.1) is 0 Å². The molecule has 1 aromatic carbocycles. The largest absolute Gasteiger partial charge is 0.351 e. The number of hydrogen-bond donors (Lipinski definition) is 2. The van der Waals surface area contributed by atoms with E-state index in [2.05, 4.69) is 20.6 Å². The maximum atomic E-state index is 14.6. The highest BCUT2D eigenvalue weighted by Gasteiger charge is 2.30. The number of benzene rings is 1. The lowest BCUT2D eigenvalue weighted by atomic mass is 9.80. The number of nitrogens with one attached hydrogen (secondary N) is 2. The molecule has 2 heterocycles. The summed E-state index contributed by atoms with van der Waals surface area (Å²) in [6.45, 7) is 5.96. The molecular formula is C24H30FN5O3S. The molecule has 1 saturated carbocycles. The average molecular weight is 488 g/mol. The molecule has 1 aliphatic carbocycles. The first-order chi connectivity index (χ1) is 15.9. The van der Waals surface area contributed by atoms with Crippen LogP contribution in [0.2, 0.25) is 0 Å². The third-order valence-electron chi connectivity index (χ3n) is 6.09. The Kier molecular flexibility index (Phi) is 6.37. The second-order valence-electron chi connectivity index (χ2n) is 9.98. The number of carbonyl (C=O) groups excluding carboxylic acids is 1. The van der Waals surface area contributed by atoms with Crippen molar-refractivity contribution < 1.29 is 17.6 Å². The Hall–Kier alpha value is -3.01. The molecule has 0 radical (unpaired) electrons. The SMILES string of the molecule is CC(C)(C)NC(=O)C1CCC(c2cnc3c(Nc4ccc(S(C)(=O)=O)cc4F)nccn23)CC1. The first-order valence-corrected chi connectivity index (χ1v) is 13.2. The molecule has 8 nitrogen and oxygen atoms in total. The van der Waals surface area contributed by atoms with Gasteiger partial charge in [0.2, 0.25) is 5.91 Å². The van der Waals surface area contributed by atoms with Gasteiger partial charge in [-0.2, -0.15) is 0 Å². The Morgan fingerprint density at radius 3 is 2.47 bits per heavy atom. The highest BCUT2D eigenvalue weighted by Crippen LogP contribution is 2.37. The third kappa shape index (κ3) is 5.22. The number of anilines is 2. The van der Waals surface area contributed by atoms with Crippen molar-refractivity contribution >= 4 is 32.9 Å². The lowest BCUT2D eigenvalue weighted by molar-refractivity contribution is -0.127. The molecule has 2 aromatic heterocycles. The molecule has 10 heteroatoms. The molecule has 0 aliphatic heterocycles. The second kappa shape index (κ2) is 8.98. The number of carbonyl (C=O) groups is 1. The van der Waals surface area contributed by atoms with Crippen molar-refractivity contribution in [3.63, 3.8) is 0 Å². The van der Waals surface area contributed by atoms with Gasteiger partial charge in [0.15, 0.2) is 21.3 Å². The maximum Gasteiger partial charge on any atom is 0.223 e. The first kappa shape index (κ1) is 24.1. The molecule has 0 atom stereocenters. The van der Waals surface area contributed by atoms with E-state index in [0.717, 1.165) is 43.7 Å². The monoisotopic (exact) mass is 487 g/mol. The van der Waals surface area contributed by atoms with Gasteiger partial charge in [0.05, 0.1) is 10.6 Å². The summed E-state index contributed by atoms with van der Waals surface area (Å²) in [5, 5.41) is 6.01. The Morgan fingerprint density at radius 2 is 1.85 bits per heavy atom. The fourth-order valence-corrected chi connectivity index (χ4v) is 5.04. The zero-order valence-corrected chi connectivity index (χ0v) is 20.6. The first-order valence-electron chi connectivity index (χ1n) is 11.3. The number of halogens is 1. The maximum absolute atomic E-state index is 14.6. The van der Waals surface area contributed by atoms with Gasteiger partial charge in [0.1, 0.15) is 5.82 Å². The molecule has 0 unspecified atom stereocenters. The molecule has 34 heavy (non-hydrogen) atoms. The molecule has 0 saturated heterocycles. The minimum Gasteiger partial charge on any atom is -0.351 e. The Balaban J connectivity index is 1.51. The van der Waals surface area contributed by atoms with Crippen LogP contribution in [0.1, 0.15) is 58.1 Å². The Morgan fingerprint density at radius 1 is 1.15 bits per heavy atom. The number of amides is 1. The summed E-state index contributed by atoms with van der Waals surface area (Å²) < 4.78 is 39.8. The predicted molar refractivity (Wildman–Crippen MR) is 128 cm³/mol. The second-order valence-corrected chi connectivity index (χ2v) is 12.0. The van der Waals surface area contributed by atoms with E-state index in [4.69, 9.17) is 0 Å². The number of nitrogens with zero attached hydrogens (tertiary/aromatic N) is 3. The number of fused-ring (bicyclic) bond motifs is 1. The number of rotatable bonds is 5. The highest BCUT2D eigenvalue weighted by atomic mass is 32.2. The van der Waals surface area contributed by atoms with Crippen molar-refractivity contribution in [3.8, 4) is 0 Å². The summed E-state index contributed by atoms with van der Waals surface area (Å²) in [6.07, 6.45) is 9.67. The van der Waals surface area contributed by atoms with E-state index in [9.17, 15) is 17.6 Å². The van der Waals surface area contributed by atoms with Gasteiger partial charge in [-0.3, -0.25) is 9.20 Å². The smallest absolute Gasteiger partial charge is 0.223 e. The van der Waals surface area contributed by atoms with Crippen molar-refractivity contribution in [3.05, 3.63) is 48.3 Å². The van der Waals surface area contributed by atoms with Crippen LogP contribution in [-0.2, 0) is 14.6 Å². The van der Waals surface area contributed by atoms with E-state index in [1.165, 1.54) is 12.1 Å².